The molecule has 0 spiro atoms. The highest BCUT2D eigenvalue weighted by atomic mass is 127. The maximum Gasteiger partial charge on any atom is 0.338 e. The summed E-state index contributed by atoms with van der Waals surface area (Å²) in [5.41, 5.74) is 1.05. The van der Waals surface area contributed by atoms with Gasteiger partial charge in [0.2, 0.25) is 3.79 Å². The average molecular weight is 304 g/mol. The number of benzene rings is 1. The van der Waals surface area contributed by atoms with Gasteiger partial charge in [-0.15, -0.1) is 0 Å². The number of carbonyl (C=O) groups is 2. The maximum atomic E-state index is 11.2. The van der Waals surface area contributed by atoms with Crippen LogP contribution in [0.2, 0.25) is 0 Å². The zero-order valence-corrected chi connectivity index (χ0v) is 9.78. The molecule has 4 heteroatoms. The smallest absolute Gasteiger partial charge is 0.338 e. The number of esters is 1. The zero-order valence-electron chi connectivity index (χ0n) is 7.62. The van der Waals surface area contributed by atoms with E-state index in [9.17, 15) is 9.59 Å². The number of carbonyl (C=O) groups excluding carboxylic acids is 2. The normalized spacial score (nSPS) is 9.57. The van der Waals surface area contributed by atoms with Crippen molar-refractivity contribution in [1.82, 2.24) is 0 Å². The molecular formula is C10H9IO3. The number of rotatable bonds is 3. The van der Waals surface area contributed by atoms with Gasteiger partial charge in [-0.05, 0) is 31.2 Å². The van der Waals surface area contributed by atoms with E-state index in [4.69, 9.17) is 4.74 Å². The van der Waals surface area contributed by atoms with Gasteiger partial charge >= 0.3 is 5.97 Å². The first kappa shape index (κ1) is 11.2. The van der Waals surface area contributed by atoms with Gasteiger partial charge in [0.25, 0.3) is 0 Å². The highest BCUT2D eigenvalue weighted by Gasteiger charge is 2.06. The minimum absolute atomic E-state index is 0.0435. The first-order chi connectivity index (χ1) is 6.65. The van der Waals surface area contributed by atoms with E-state index in [1.165, 1.54) is 0 Å². The number of hydrogen-bond donors (Lipinski definition) is 0. The summed E-state index contributed by atoms with van der Waals surface area (Å²) >= 11 is 1.70. The lowest BCUT2D eigenvalue weighted by atomic mass is 10.1. The Morgan fingerprint density at radius 2 is 1.71 bits per heavy atom. The minimum Gasteiger partial charge on any atom is -0.462 e. The Labute approximate surface area is 95.6 Å². The van der Waals surface area contributed by atoms with Crippen LogP contribution in [0.1, 0.15) is 27.6 Å². The van der Waals surface area contributed by atoms with Crippen molar-refractivity contribution in [2.75, 3.05) is 6.61 Å². The van der Waals surface area contributed by atoms with E-state index in [0.717, 1.165) is 0 Å². The Morgan fingerprint density at radius 3 is 2.14 bits per heavy atom. The van der Waals surface area contributed by atoms with E-state index in [1.54, 1.807) is 53.8 Å². The quantitative estimate of drug-likeness (QED) is 0.489. The summed E-state index contributed by atoms with van der Waals surface area (Å²) in [6, 6.07) is 6.40. The van der Waals surface area contributed by atoms with Gasteiger partial charge in [0.15, 0.2) is 0 Å². The van der Waals surface area contributed by atoms with Crippen molar-refractivity contribution < 1.29 is 14.3 Å². The molecule has 0 fully saturated rings. The van der Waals surface area contributed by atoms with Crippen molar-refractivity contribution >= 4 is 32.4 Å². The Kier molecular flexibility index (Phi) is 4.06. The van der Waals surface area contributed by atoms with E-state index >= 15 is 0 Å². The molecular weight excluding hydrogens is 295 g/mol. The molecule has 3 nitrogen and oxygen atoms in total. The van der Waals surface area contributed by atoms with Crippen LogP contribution in [0.3, 0.4) is 0 Å². The summed E-state index contributed by atoms with van der Waals surface area (Å²) in [5, 5.41) is 0. The van der Waals surface area contributed by atoms with E-state index in [-0.39, 0.29) is 9.76 Å². The summed E-state index contributed by atoms with van der Waals surface area (Å²) in [5.74, 6) is -0.361. The fourth-order valence-corrected chi connectivity index (χ4v) is 1.31. The van der Waals surface area contributed by atoms with Gasteiger partial charge < -0.3 is 4.74 Å². The first-order valence-corrected chi connectivity index (χ1v) is 5.20. The first-order valence-electron chi connectivity index (χ1n) is 4.12. The van der Waals surface area contributed by atoms with E-state index < -0.39 is 0 Å². The van der Waals surface area contributed by atoms with Crippen LogP contribution in [-0.2, 0) is 4.74 Å². The minimum atomic E-state index is -0.361. The average Bonchev–Trinajstić information content (AvgIpc) is 2.18. The largest absolute Gasteiger partial charge is 0.462 e. The molecule has 0 amide bonds. The van der Waals surface area contributed by atoms with Gasteiger partial charge in [0, 0.05) is 28.2 Å². The molecule has 1 aromatic rings. The van der Waals surface area contributed by atoms with Crippen molar-refractivity contribution in [2.24, 2.45) is 0 Å². The number of ether oxygens (including phenoxy) is 1. The highest BCUT2D eigenvalue weighted by molar-refractivity contribution is 14.1. The van der Waals surface area contributed by atoms with E-state index in [2.05, 4.69) is 0 Å². The fourth-order valence-electron chi connectivity index (χ4n) is 0.952. The number of halogens is 1. The van der Waals surface area contributed by atoms with Crippen LogP contribution >= 0.6 is 22.6 Å². The van der Waals surface area contributed by atoms with Crippen LogP contribution in [0.25, 0.3) is 0 Å². The third-order valence-electron chi connectivity index (χ3n) is 1.62. The molecule has 1 aromatic carbocycles. The SMILES string of the molecule is CCOC(=O)c1ccc(C(=O)I)cc1. The summed E-state index contributed by atoms with van der Waals surface area (Å²) in [6.07, 6.45) is 0. The molecule has 0 atom stereocenters. The van der Waals surface area contributed by atoms with Gasteiger partial charge in [-0.2, -0.15) is 0 Å². The molecule has 0 aliphatic carbocycles. The molecule has 0 bridgehead atoms. The Morgan fingerprint density at radius 1 is 1.21 bits per heavy atom. The maximum absolute atomic E-state index is 11.2. The van der Waals surface area contributed by atoms with E-state index in [0.29, 0.717) is 17.7 Å². The third-order valence-corrected chi connectivity index (χ3v) is 2.25. The van der Waals surface area contributed by atoms with Crippen molar-refractivity contribution in [3.05, 3.63) is 35.4 Å². The second-order valence-electron chi connectivity index (χ2n) is 2.57. The van der Waals surface area contributed by atoms with Crippen molar-refractivity contribution in [3.8, 4) is 0 Å². The topological polar surface area (TPSA) is 43.4 Å². The van der Waals surface area contributed by atoms with Gasteiger partial charge in [-0.1, -0.05) is 0 Å². The molecule has 0 aliphatic heterocycles. The van der Waals surface area contributed by atoms with E-state index in [1.807, 2.05) is 0 Å². The van der Waals surface area contributed by atoms with Gasteiger partial charge in [-0.3, -0.25) is 4.79 Å². The van der Waals surface area contributed by atoms with Crippen molar-refractivity contribution in [3.63, 3.8) is 0 Å². The zero-order chi connectivity index (χ0) is 10.6. The Bertz CT molecular complexity index is 343. The molecule has 0 aromatic heterocycles. The van der Waals surface area contributed by atoms with Gasteiger partial charge in [-0.25, -0.2) is 4.79 Å². The molecule has 0 radical (unpaired) electrons. The van der Waals surface area contributed by atoms with Crippen LogP contribution < -0.4 is 0 Å². The summed E-state index contributed by atoms with van der Waals surface area (Å²) in [4.78, 5) is 22.1. The predicted octanol–water partition coefficient (Wildman–Crippen LogP) is 2.44. The summed E-state index contributed by atoms with van der Waals surface area (Å²) < 4.78 is 4.76. The Hall–Kier alpha value is -0.910. The fraction of sp³-hybridized carbons (Fsp3) is 0.200. The lowest BCUT2D eigenvalue weighted by molar-refractivity contribution is 0.0526. The molecule has 1 rings (SSSR count). The molecule has 0 heterocycles. The second-order valence-corrected chi connectivity index (χ2v) is 3.55. The Balaban J connectivity index is 2.83. The standard InChI is InChI=1S/C10H9IO3/c1-2-14-10(13)8-5-3-7(4-6-8)9(11)12/h3-6H,2H2,1H3. The van der Waals surface area contributed by atoms with Crippen LogP contribution in [0.15, 0.2) is 24.3 Å². The monoisotopic (exact) mass is 304 g/mol. The van der Waals surface area contributed by atoms with Crippen LogP contribution in [-0.4, -0.2) is 16.4 Å². The molecule has 0 saturated carbocycles. The lowest BCUT2D eigenvalue weighted by Gasteiger charge is -2.01. The van der Waals surface area contributed by atoms with Crippen LogP contribution in [0.5, 0.6) is 0 Å². The van der Waals surface area contributed by atoms with Crippen LogP contribution in [0.4, 0.5) is 0 Å². The lowest BCUT2D eigenvalue weighted by Crippen LogP contribution is -2.04. The van der Waals surface area contributed by atoms with Gasteiger partial charge in [0.05, 0.1) is 12.2 Å². The third kappa shape index (κ3) is 2.80. The second kappa shape index (κ2) is 5.09. The molecule has 0 aliphatic rings. The molecule has 0 unspecified atom stereocenters. The van der Waals surface area contributed by atoms with Crippen molar-refractivity contribution in [2.45, 2.75) is 6.92 Å². The highest BCUT2D eigenvalue weighted by Crippen LogP contribution is 2.09. The van der Waals surface area contributed by atoms with Crippen LogP contribution in [0, 0.1) is 0 Å². The molecule has 0 saturated heterocycles. The molecule has 0 N–H and O–H groups in total. The summed E-state index contributed by atoms with van der Waals surface area (Å²) in [6.45, 7) is 2.10. The van der Waals surface area contributed by atoms with Crippen molar-refractivity contribution in [1.29, 1.82) is 0 Å². The molecule has 14 heavy (non-hydrogen) atoms. The molecule has 74 valence electrons. The van der Waals surface area contributed by atoms with Gasteiger partial charge in [0.1, 0.15) is 0 Å². The predicted molar refractivity (Wildman–Crippen MR) is 60.7 cm³/mol. The summed E-state index contributed by atoms with van der Waals surface area (Å²) in [7, 11) is 0. The number of hydrogen-bond acceptors (Lipinski definition) is 3.